The van der Waals surface area contributed by atoms with Gasteiger partial charge in [-0.15, -0.1) is 16.4 Å². The van der Waals surface area contributed by atoms with Gasteiger partial charge in [-0.2, -0.15) is 5.10 Å². The van der Waals surface area contributed by atoms with Crippen LogP contribution in [0.5, 0.6) is 0 Å². The van der Waals surface area contributed by atoms with E-state index >= 15 is 0 Å². The minimum Gasteiger partial charge on any atom is -0.304 e. The van der Waals surface area contributed by atoms with Gasteiger partial charge in [0.15, 0.2) is 5.82 Å². The molecule has 0 atom stereocenters. The number of aryl methyl sites for hydroxylation is 2. The number of carbonyl (C=O) groups excluding carboxylic acids is 1. The molecule has 0 saturated carbocycles. The van der Waals surface area contributed by atoms with Crippen LogP contribution in [0, 0.1) is 12.7 Å². The third-order valence-corrected chi connectivity index (χ3v) is 4.73. The number of halogens is 1. The molecule has 1 aromatic carbocycles. The maximum absolute atomic E-state index is 13.3. The molecule has 1 amide bonds. The van der Waals surface area contributed by atoms with Crippen molar-refractivity contribution in [2.24, 2.45) is 7.05 Å². The van der Waals surface area contributed by atoms with Crippen LogP contribution in [0.25, 0.3) is 16.4 Å². The van der Waals surface area contributed by atoms with Crippen molar-refractivity contribution in [1.29, 1.82) is 0 Å². The normalized spacial score (nSPS) is 10.9. The van der Waals surface area contributed by atoms with E-state index in [-0.39, 0.29) is 11.6 Å². The fourth-order valence-electron chi connectivity index (χ4n) is 2.64. The summed E-state index contributed by atoms with van der Waals surface area (Å²) in [5.41, 5.74) is 1.40. The highest BCUT2D eigenvalue weighted by Gasteiger charge is 2.20. The van der Waals surface area contributed by atoms with E-state index in [0.717, 1.165) is 10.6 Å². The zero-order chi connectivity index (χ0) is 19.0. The van der Waals surface area contributed by atoms with Gasteiger partial charge in [-0.3, -0.25) is 9.48 Å². The number of nitrogens with one attached hydrogen (secondary N) is 1. The summed E-state index contributed by atoms with van der Waals surface area (Å²) < 4.78 is 16.4. The Balaban J connectivity index is 1.73. The van der Waals surface area contributed by atoms with Crippen molar-refractivity contribution in [1.82, 2.24) is 24.5 Å². The van der Waals surface area contributed by atoms with E-state index < -0.39 is 5.91 Å². The van der Waals surface area contributed by atoms with Crippen molar-refractivity contribution in [2.45, 2.75) is 6.92 Å². The maximum atomic E-state index is 13.3. The summed E-state index contributed by atoms with van der Waals surface area (Å²) in [5.74, 6) is 0.288. The molecule has 0 saturated heterocycles. The number of thiophene rings is 1. The lowest BCUT2D eigenvalue weighted by atomic mass is 10.3. The molecule has 0 radical (unpaired) electrons. The Labute approximate surface area is 158 Å². The van der Waals surface area contributed by atoms with Crippen LogP contribution < -0.4 is 5.32 Å². The standard InChI is InChI=1S/C18H15FN6OS/c1-11-10-15(24(2)22-11)20-18(26)16-21-17(14-4-3-9-27-14)25(23-16)13-7-5-12(19)6-8-13/h3-10H,1-2H3,(H,20,26). The molecule has 4 aromatic rings. The predicted molar refractivity (Wildman–Crippen MR) is 101 cm³/mol. The van der Waals surface area contributed by atoms with Crippen molar-refractivity contribution in [2.75, 3.05) is 5.32 Å². The van der Waals surface area contributed by atoms with E-state index in [1.807, 2.05) is 24.4 Å². The van der Waals surface area contributed by atoms with Crippen molar-refractivity contribution in [3.05, 3.63) is 65.2 Å². The van der Waals surface area contributed by atoms with E-state index in [4.69, 9.17) is 0 Å². The summed E-state index contributed by atoms with van der Waals surface area (Å²) in [7, 11) is 1.74. The molecule has 136 valence electrons. The molecule has 0 fully saturated rings. The second-order valence-electron chi connectivity index (χ2n) is 5.87. The number of rotatable bonds is 4. The van der Waals surface area contributed by atoms with E-state index in [1.165, 1.54) is 28.2 Å². The molecule has 0 unspecified atom stereocenters. The van der Waals surface area contributed by atoms with Crippen molar-refractivity contribution >= 4 is 23.1 Å². The molecule has 27 heavy (non-hydrogen) atoms. The summed E-state index contributed by atoms with van der Waals surface area (Å²) in [4.78, 5) is 17.9. The molecule has 0 spiro atoms. The summed E-state index contributed by atoms with van der Waals surface area (Å²) in [6.07, 6.45) is 0. The fraction of sp³-hybridized carbons (Fsp3) is 0.111. The average Bonchev–Trinajstić information content (AvgIpc) is 3.36. The summed E-state index contributed by atoms with van der Waals surface area (Å²) in [6.45, 7) is 1.84. The number of aromatic nitrogens is 5. The second kappa shape index (κ2) is 6.76. The van der Waals surface area contributed by atoms with E-state index in [2.05, 4.69) is 20.5 Å². The highest BCUT2D eigenvalue weighted by Crippen LogP contribution is 2.26. The fourth-order valence-corrected chi connectivity index (χ4v) is 3.33. The monoisotopic (exact) mass is 382 g/mol. The Morgan fingerprint density at radius 1 is 1.19 bits per heavy atom. The average molecular weight is 382 g/mol. The molecule has 0 bridgehead atoms. The van der Waals surface area contributed by atoms with Crippen molar-refractivity contribution in [3.63, 3.8) is 0 Å². The second-order valence-corrected chi connectivity index (χ2v) is 6.82. The number of benzene rings is 1. The Morgan fingerprint density at radius 3 is 2.59 bits per heavy atom. The van der Waals surface area contributed by atoms with Crippen LogP contribution in [0.15, 0.2) is 47.8 Å². The van der Waals surface area contributed by atoms with E-state index in [9.17, 15) is 9.18 Å². The first-order valence-electron chi connectivity index (χ1n) is 8.10. The molecule has 3 aromatic heterocycles. The smallest absolute Gasteiger partial charge is 0.296 e. The van der Waals surface area contributed by atoms with Gasteiger partial charge in [0.25, 0.3) is 5.91 Å². The number of hydrogen-bond donors (Lipinski definition) is 1. The largest absolute Gasteiger partial charge is 0.304 e. The molecule has 0 aliphatic rings. The zero-order valence-electron chi connectivity index (χ0n) is 14.5. The van der Waals surface area contributed by atoms with Gasteiger partial charge < -0.3 is 5.32 Å². The highest BCUT2D eigenvalue weighted by molar-refractivity contribution is 7.13. The quantitative estimate of drug-likeness (QED) is 0.587. The number of nitrogens with zero attached hydrogens (tertiary/aromatic N) is 5. The zero-order valence-corrected chi connectivity index (χ0v) is 15.4. The molecule has 9 heteroatoms. The lowest BCUT2D eigenvalue weighted by Crippen LogP contribution is -2.16. The van der Waals surface area contributed by atoms with Crippen LogP contribution in [-0.4, -0.2) is 30.5 Å². The minimum atomic E-state index is -0.448. The predicted octanol–water partition coefficient (Wildman–Crippen LogP) is 3.43. The Hall–Kier alpha value is -3.33. The van der Waals surface area contributed by atoms with E-state index in [1.54, 1.807) is 29.9 Å². The number of hydrogen-bond acceptors (Lipinski definition) is 5. The maximum Gasteiger partial charge on any atom is 0.296 e. The topological polar surface area (TPSA) is 77.6 Å². The van der Waals surface area contributed by atoms with Crippen LogP contribution in [0.4, 0.5) is 10.2 Å². The van der Waals surface area contributed by atoms with Crippen LogP contribution in [0.1, 0.15) is 16.3 Å². The molecule has 0 aliphatic heterocycles. The van der Waals surface area contributed by atoms with Crippen molar-refractivity contribution in [3.8, 4) is 16.4 Å². The van der Waals surface area contributed by atoms with Gasteiger partial charge in [-0.05, 0) is 42.6 Å². The Kier molecular flexibility index (Phi) is 4.28. The molecular formula is C18H15FN6OS. The first-order chi connectivity index (χ1) is 13.0. The van der Waals surface area contributed by atoms with Crippen LogP contribution in [-0.2, 0) is 7.05 Å². The third kappa shape index (κ3) is 3.36. The first-order valence-corrected chi connectivity index (χ1v) is 8.98. The van der Waals surface area contributed by atoms with Gasteiger partial charge in [0, 0.05) is 13.1 Å². The Bertz CT molecular complexity index is 1100. The molecular weight excluding hydrogens is 367 g/mol. The lowest BCUT2D eigenvalue weighted by molar-refractivity contribution is 0.101. The molecule has 1 N–H and O–H groups in total. The van der Waals surface area contributed by atoms with Gasteiger partial charge in [-0.25, -0.2) is 14.1 Å². The molecule has 3 heterocycles. The minimum absolute atomic E-state index is 0.0154. The van der Waals surface area contributed by atoms with Crippen LogP contribution >= 0.6 is 11.3 Å². The Morgan fingerprint density at radius 2 is 1.96 bits per heavy atom. The van der Waals surface area contributed by atoms with Crippen LogP contribution in [0.3, 0.4) is 0 Å². The number of amides is 1. The van der Waals surface area contributed by atoms with Gasteiger partial charge in [-0.1, -0.05) is 6.07 Å². The van der Waals surface area contributed by atoms with Gasteiger partial charge >= 0.3 is 0 Å². The van der Waals surface area contributed by atoms with Crippen molar-refractivity contribution < 1.29 is 9.18 Å². The van der Waals surface area contributed by atoms with Gasteiger partial charge in [0.1, 0.15) is 11.6 Å². The van der Waals surface area contributed by atoms with E-state index in [0.29, 0.717) is 17.3 Å². The van der Waals surface area contributed by atoms with Gasteiger partial charge in [0.05, 0.1) is 16.3 Å². The number of carbonyl (C=O) groups is 1. The first kappa shape index (κ1) is 17.1. The highest BCUT2D eigenvalue weighted by atomic mass is 32.1. The number of anilines is 1. The summed E-state index contributed by atoms with van der Waals surface area (Å²) in [6, 6.07) is 11.4. The van der Waals surface area contributed by atoms with Crippen LogP contribution in [0.2, 0.25) is 0 Å². The summed E-state index contributed by atoms with van der Waals surface area (Å²) >= 11 is 1.48. The van der Waals surface area contributed by atoms with Gasteiger partial charge in [0.2, 0.25) is 5.82 Å². The summed E-state index contributed by atoms with van der Waals surface area (Å²) in [5, 5.41) is 13.2. The third-order valence-electron chi connectivity index (χ3n) is 3.87. The SMILES string of the molecule is Cc1cc(NC(=O)c2nc(-c3cccs3)n(-c3ccc(F)cc3)n2)n(C)n1. The lowest BCUT2D eigenvalue weighted by Gasteiger charge is -2.04. The molecule has 0 aliphatic carbocycles. The molecule has 4 rings (SSSR count). The molecule has 7 nitrogen and oxygen atoms in total.